The van der Waals surface area contributed by atoms with Crippen molar-refractivity contribution in [2.45, 2.75) is 12.8 Å². The van der Waals surface area contributed by atoms with Gasteiger partial charge in [0.25, 0.3) is 0 Å². The minimum absolute atomic E-state index is 0.187. The average molecular weight is 305 g/mol. The van der Waals surface area contributed by atoms with Crippen LogP contribution in [0.1, 0.15) is 12.0 Å². The van der Waals surface area contributed by atoms with Crippen LogP contribution in [-0.4, -0.2) is 19.1 Å². The maximum absolute atomic E-state index is 13.4. The fourth-order valence-corrected chi connectivity index (χ4v) is 1.94. The lowest BCUT2D eigenvalue weighted by Crippen LogP contribution is -2.27. The highest BCUT2D eigenvalue weighted by Crippen LogP contribution is 2.10. The summed E-state index contributed by atoms with van der Waals surface area (Å²) in [7, 11) is 0. The van der Waals surface area contributed by atoms with Crippen LogP contribution in [-0.2, 0) is 11.2 Å². The smallest absolute Gasteiger partial charge is 0.223 e. The summed E-state index contributed by atoms with van der Waals surface area (Å²) in [5, 5.41) is 2.66. The summed E-state index contributed by atoms with van der Waals surface area (Å²) >= 11 is 0. The molecule has 0 bridgehead atoms. The normalized spacial score (nSPS) is 10.3. The molecule has 2 rings (SSSR count). The lowest BCUT2D eigenvalue weighted by atomic mass is 10.1. The van der Waals surface area contributed by atoms with Gasteiger partial charge in [-0.15, -0.1) is 0 Å². The molecule has 0 aliphatic heterocycles. The maximum Gasteiger partial charge on any atom is 0.223 e. The first-order valence-corrected chi connectivity index (χ1v) is 7.03. The lowest BCUT2D eigenvalue weighted by Gasteiger charge is -2.08. The summed E-state index contributed by atoms with van der Waals surface area (Å²) in [5.74, 6) is -0.438. The highest BCUT2D eigenvalue weighted by molar-refractivity contribution is 5.75. The van der Waals surface area contributed by atoms with E-state index in [1.165, 1.54) is 0 Å². The SMILES string of the molecule is O=C(CCOc1ccccc1)NCCc1cc(F)ccc1F. The Balaban J connectivity index is 1.66. The van der Waals surface area contributed by atoms with Gasteiger partial charge in [-0.3, -0.25) is 4.79 Å². The summed E-state index contributed by atoms with van der Waals surface area (Å²) in [6.07, 6.45) is 0.454. The van der Waals surface area contributed by atoms with Crippen LogP contribution < -0.4 is 10.1 Å². The minimum Gasteiger partial charge on any atom is -0.493 e. The van der Waals surface area contributed by atoms with Crippen LogP contribution in [0.3, 0.4) is 0 Å². The first kappa shape index (κ1) is 15.9. The second-order valence-electron chi connectivity index (χ2n) is 4.75. The molecule has 0 aliphatic carbocycles. The molecule has 2 aromatic carbocycles. The van der Waals surface area contributed by atoms with Gasteiger partial charge in [-0.25, -0.2) is 8.78 Å². The summed E-state index contributed by atoms with van der Waals surface area (Å²) < 4.78 is 31.8. The van der Waals surface area contributed by atoms with Crippen molar-refractivity contribution in [3.05, 3.63) is 65.7 Å². The maximum atomic E-state index is 13.4. The number of hydrogen-bond donors (Lipinski definition) is 1. The predicted octanol–water partition coefficient (Wildman–Crippen LogP) is 3.09. The van der Waals surface area contributed by atoms with Crippen molar-refractivity contribution in [3.63, 3.8) is 0 Å². The molecule has 1 N–H and O–H groups in total. The molecule has 2 aromatic rings. The molecule has 3 nitrogen and oxygen atoms in total. The Kier molecular flexibility index (Phi) is 5.89. The van der Waals surface area contributed by atoms with E-state index in [0.29, 0.717) is 5.75 Å². The van der Waals surface area contributed by atoms with Crippen molar-refractivity contribution >= 4 is 5.91 Å². The van der Waals surface area contributed by atoms with E-state index in [2.05, 4.69) is 5.32 Å². The Morgan fingerprint density at radius 2 is 1.86 bits per heavy atom. The van der Waals surface area contributed by atoms with Crippen LogP contribution >= 0.6 is 0 Å². The van der Waals surface area contributed by atoms with E-state index < -0.39 is 11.6 Å². The molecule has 0 atom stereocenters. The van der Waals surface area contributed by atoms with Gasteiger partial charge in [-0.05, 0) is 42.3 Å². The average Bonchev–Trinajstić information content (AvgIpc) is 2.52. The molecule has 0 radical (unpaired) electrons. The molecular weight excluding hydrogens is 288 g/mol. The summed E-state index contributed by atoms with van der Waals surface area (Å²) in [6.45, 7) is 0.523. The number of amides is 1. The molecule has 0 unspecified atom stereocenters. The molecular formula is C17H17F2NO2. The summed E-state index contributed by atoms with van der Waals surface area (Å²) in [4.78, 5) is 11.6. The van der Waals surface area contributed by atoms with Crippen LogP contribution in [0.4, 0.5) is 8.78 Å². The van der Waals surface area contributed by atoms with Gasteiger partial charge in [0.2, 0.25) is 5.91 Å². The molecule has 0 aromatic heterocycles. The van der Waals surface area contributed by atoms with Crippen molar-refractivity contribution in [3.8, 4) is 5.75 Å². The molecule has 22 heavy (non-hydrogen) atoms. The molecule has 0 fully saturated rings. The van der Waals surface area contributed by atoms with Gasteiger partial charge >= 0.3 is 0 Å². The van der Waals surface area contributed by atoms with Gasteiger partial charge in [0.15, 0.2) is 0 Å². The Morgan fingerprint density at radius 3 is 2.64 bits per heavy atom. The van der Waals surface area contributed by atoms with Crippen LogP contribution in [0.5, 0.6) is 5.75 Å². The van der Waals surface area contributed by atoms with Crippen molar-refractivity contribution in [2.24, 2.45) is 0 Å². The van der Waals surface area contributed by atoms with Gasteiger partial charge in [0.1, 0.15) is 17.4 Å². The number of carbonyl (C=O) groups is 1. The number of nitrogens with one attached hydrogen (secondary N) is 1. The number of ether oxygens (including phenoxy) is 1. The number of hydrogen-bond acceptors (Lipinski definition) is 2. The Labute approximate surface area is 127 Å². The third kappa shape index (κ3) is 5.16. The lowest BCUT2D eigenvalue weighted by molar-refractivity contribution is -0.121. The molecule has 0 heterocycles. The number of rotatable bonds is 7. The summed E-state index contributed by atoms with van der Waals surface area (Å²) in [6, 6.07) is 12.5. The minimum atomic E-state index is -0.487. The number of carbonyl (C=O) groups excluding carboxylic acids is 1. The fourth-order valence-electron chi connectivity index (χ4n) is 1.94. The van der Waals surface area contributed by atoms with E-state index in [9.17, 15) is 13.6 Å². The van der Waals surface area contributed by atoms with Crippen LogP contribution in [0.25, 0.3) is 0 Å². The zero-order valence-corrected chi connectivity index (χ0v) is 12.0. The van der Waals surface area contributed by atoms with Crippen molar-refractivity contribution in [1.29, 1.82) is 0 Å². The molecule has 0 spiro atoms. The Hall–Kier alpha value is -2.43. The van der Waals surface area contributed by atoms with Gasteiger partial charge in [0, 0.05) is 6.54 Å². The third-order valence-corrected chi connectivity index (χ3v) is 3.07. The highest BCUT2D eigenvalue weighted by Gasteiger charge is 2.05. The third-order valence-electron chi connectivity index (χ3n) is 3.07. The zero-order valence-electron chi connectivity index (χ0n) is 12.0. The van der Waals surface area contributed by atoms with Gasteiger partial charge in [-0.1, -0.05) is 18.2 Å². The molecule has 116 valence electrons. The first-order valence-electron chi connectivity index (χ1n) is 7.03. The predicted molar refractivity (Wildman–Crippen MR) is 79.6 cm³/mol. The molecule has 0 saturated heterocycles. The number of para-hydroxylation sites is 1. The Morgan fingerprint density at radius 1 is 1.09 bits per heavy atom. The molecule has 0 saturated carbocycles. The molecule has 1 amide bonds. The van der Waals surface area contributed by atoms with Gasteiger partial charge in [0.05, 0.1) is 13.0 Å². The summed E-state index contributed by atoms with van der Waals surface area (Å²) in [5.41, 5.74) is 0.251. The first-order chi connectivity index (χ1) is 10.6. The molecule has 0 aliphatic rings. The van der Waals surface area contributed by atoms with Crippen LogP contribution in [0, 0.1) is 11.6 Å². The van der Waals surface area contributed by atoms with E-state index in [-0.39, 0.29) is 37.5 Å². The second-order valence-corrected chi connectivity index (χ2v) is 4.75. The molecule has 5 heteroatoms. The highest BCUT2D eigenvalue weighted by atomic mass is 19.1. The van der Waals surface area contributed by atoms with E-state index in [1.54, 1.807) is 0 Å². The number of benzene rings is 2. The van der Waals surface area contributed by atoms with Gasteiger partial charge in [-0.2, -0.15) is 0 Å². The van der Waals surface area contributed by atoms with Crippen LogP contribution in [0.15, 0.2) is 48.5 Å². The number of halogens is 2. The van der Waals surface area contributed by atoms with E-state index in [1.807, 2.05) is 30.3 Å². The van der Waals surface area contributed by atoms with Crippen molar-refractivity contribution < 1.29 is 18.3 Å². The topological polar surface area (TPSA) is 38.3 Å². The largest absolute Gasteiger partial charge is 0.493 e. The van der Waals surface area contributed by atoms with Crippen LogP contribution in [0.2, 0.25) is 0 Å². The van der Waals surface area contributed by atoms with E-state index in [4.69, 9.17) is 4.74 Å². The van der Waals surface area contributed by atoms with E-state index in [0.717, 1.165) is 18.2 Å². The monoisotopic (exact) mass is 305 g/mol. The van der Waals surface area contributed by atoms with E-state index >= 15 is 0 Å². The van der Waals surface area contributed by atoms with Crippen molar-refractivity contribution in [2.75, 3.05) is 13.2 Å². The fraction of sp³-hybridized carbons (Fsp3) is 0.235. The second kappa shape index (κ2) is 8.12. The quantitative estimate of drug-likeness (QED) is 0.853. The zero-order chi connectivity index (χ0) is 15.8. The van der Waals surface area contributed by atoms with Crippen molar-refractivity contribution in [1.82, 2.24) is 5.32 Å². The Bertz CT molecular complexity index is 617. The van der Waals surface area contributed by atoms with Gasteiger partial charge < -0.3 is 10.1 Å². The standard InChI is InChI=1S/C17H17F2NO2/c18-14-6-7-16(19)13(12-14)8-10-20-17(21)9-11-22-15-4-2-1-3-5-15/h1-7,12H,8-11H2,(H,20,21).